The first kappa shape index (κ1) is 12.3. The molecule has 0 fully saturated rings. The highest BCUT2D eigenvalue weighted by Crippen LogP contribution is 2.08. The van der Waals surface area contributed by atoms with E-state index in [9.17, 15) is 5.11 Å². The molecule has 2 atom stereocenters. The van der Waals surface area contributed by atoms with Crippen LogP contribution in [0.1, 0.15) is 20.3 Å². The largest absolute Gasteiger partial charge is 0.392 e. The smallest absolute Gasteiger partial charge is 0.0639 e. The van der Waals surface area contributed by atoms with Gasteiger partial charge in [-0.2, -0.15) is 11.8 Å². The number of rotatable bonds is 6. The minimum atomic E-state index is -0.217. The Kier molecular flexibility index (Phi) is 6.90. The maximum atomic E-state index is 9.19. The van der Waals surface area contributed by atoms with Crippen LogP contribution in [0.25, 0.3) is 0 Å². The van der Waals surface area contributed by atoms with E-state index < -0.39 is 0 Å². The Morgan fingerprint density at radius 2 is 2.08 bits per heavy atom. The van der Waals surface area contributed by atoms with E-state index in [0.29, 0.717) is 6.04 Å². The normalized spacial score (nSPS) is 16.5. The van der Waals surface area contributed by atoms with Crippen LogP contribution in [0.2, 0.25) is 0 Å². The Morgan fingerprint density at radius 1 is 1.50 bits per heavy atom. The van der Waals surface area contributed by atoms with Crippen LogP contribution in [0.5, 0.6) is 0 Å². The molecule has 1 unspecified atom stereocenters. The van der Waals surface area contributed by atoms with Crippen LogP contribution in [0.3, 0.4) is 0 Å². The van der Waals surface area contributed by atoms with Gasteiger partial charge in [0.1, 0.15) is 0 Å². The number of nitrogens with zero attached hydrogens (tertiary/aromatic N) is 1. The Morgan fingerprint density at radius 3 is 2.42 bits per heavy atom. The second-order valence-corrected chi connectivity index (χ2v) is 4.22. The first-order chi connectivity index (χ1) is 5.61. The molecule has 3 heteroatoms. The molecule has 0 aliphatic carbocycles. The monoisotopic (exact) mass is 191 g/mol. The van der Waals surface area contributed by atoms with E-state index in [1.165, 1.54) is 0 Å². The zero-order valence-electron chi connectivity index (χ0n) is 8.58. The highest BCUT2D eigenvalue weighted by molar-refractivity contribution is 7.98. The van der Waals surface area contributed by atoms with Crippen LogP contribution in [0.4, 0.5) is 0 Å². The molecule has 0 saturated heterocycles. The molecule has 0 heterocycles. The first-order valence-corrected chi connectivity index (χ1v) is 5.88. The van der Waals surface area contributed by atoms with Crippen LogP contribution in [-0.2, 0) is 0 Å². The zero-order chi connectivity index (χ0) is 9.56. The summed E-state index contributed by atoms with van der Waals surface area (Å²) in [5.41, 5.74) is 0. The maximum Gasteiger partial charge on any atom is 0.0639 e. The molecule has 0 aliphatic rings. The van der Waals surface area contributed by atoms with Crippen molar-refractivity contribution in [1.82, 2.24) is 4.90 Å². The van der Waals surface area contributed by atoms with Crippen molar-refractivity contribution in [3.63, 3.8) is 0 Å². The van der Waals surface area contributed by atoms with Gasteiger partial charge in [-0.25, -0.2) is 0 Å². The Balaban J connectivity index is 3.76. The molecule has 0 aromatic rings. The molecular formula is C9H21NOS. The third kappa shape index (κ3) is 5.01. The summed E-state index contributed by atoms with van der Waals surface area (Å²) in [5, 5.41) is 9.19. The fourth-order valence-corrected chi connectivity index (χ4v) is 2.19. The van der Waals surface area contributed by atoms with Gasteiger partial charge in [-0.3, -0.25) is 0 Å². The quantitative estimate of drug-likeness (QED) is 0.687. The summed E-state index contributed by atoms with van der Waals surface area (Å²) in [6.07, 6.45) is 3.06. The zero-order valence-corrected chi connectivity index (χ0v) is 9.40. The minimum absolute atomic E-state index is 0.217. The van der Waals surface area contributed by atoms with E-state index in [2.05, 4.69) is 25.1 Å². The van der Waals surface area contributed by atoms with Crippen molar-refractivity contribution in [2.45, 2.75) is 32.4 Å². The predicted molar refractivity (Wildman–Crippen MR) is 56.8 cm³/mol. The molecule has 12 heavy (non-hydrogen) atoms. The van der Waals surface area contributed by atoms with Crippen molar-refractivity contribution in [2.75, 3.05) is 25.6 Å². The van der Waals surface area contributed by atoms with E-state index >= 15 is 0 Å². The van der Waals surface area contributed by atoms with Crippen molar-refractivity contribution >= 4 is 11.8 Å². The second kappa shape index (κ2) is 6.75. The van der Waals surface area contributed by atoms with Crippen LogP contribution in [0.15, 0.2) is 0 Å². The van der Waals surface area contributed by atoms with E-state index in [1.807, 2.05) is 18.7 Å². The third-order valence-corrected chi connectivity index (χ3v) is 2.72. The Hall–Kier alpha value is 0.270. The molecule has 0 aromatic heterocycles. The fourth-order valence-electron chi connectivity index (χ4n) is 1.31. The van der Waals surface area contributed by atoms with Gasteiger partial charge in [0, 0.05) is 18.3 Å². The van der Waals surface area contributed by atoms with Gasteiger partial charge in [0.15, 0.2) is 0 Å². The highest BCUT2D eigenvalue weighted by Gasteiger charge is 2.12. The van der Waals surface area contributed by atoms with Gasteiger partial charge in [0.05, 0.1) is 6.10 Å². The number of hydrogen-bond acceptors (Lipinski definition) is 3. The minimum Gasteiger partial charge on any atom is -0.392 e. The fraction of sp³-hybridized carbons (Fsp3) is 1.00. The maximum absolute atomic E-state index is 9.19. The molecule has 0 radical (unpaired) electrons. The van der Waals surface area contributed by atoms with Gasteiger partial charge in [0.2, 0.25) is 0 Å². The number of aliphatic hydroxyl groups is 1. The molecule has 0 amide bonds. The van der Waals surface area contributed by atoms with Crippen LogP contribution in [0, 0.1) is 0 Å². The molecule has 0 aromatic carbocycles. The van der Waals surface area contributed by atoms with E-state index in [1.54, 1.807) is 0 Å². The number of thioether (sulfide) groups is 1. The molecular weight excluding hydrogens is 170 g/mol. The van der Waals surface area contributed by atoms with Gasteiger partial charge in [0.25, 0.3) is 0 Å². The molecule has 1 N–H and O–H groups in total. The summed E-state index contributed by atoms with van der Waals surface area (Å²) < 4.78 is 0. The van der Waals surface area contributed by atoms with Crippen LogP contribution in [-0.4, -0.2) is 47.8 Å². The Labute approximate surface area is 80.3 Å². The molecule has 0 spiro atoms. The summed E-state index contributed by atoms with van der Waals surface area (Å²) in [5.74, 6) is 1.15. The highest BCUT2D eigenvalue weighted by atomic mass is 32.2. The molecule has 0 rings (SSSR count). The summed E-state index contributed by atoms with van der Waals surface area (Å²) in [6.45, 7) is 4.81. The SMILES string of the molecule is CCC(CSC)N(C)C[C@H](C)O. The Bertz CT molecular complexity index is 109. The van der Waals surface area contributed by atoms with Crippen molar-refractivity contribution in [1.29, 1.82) is 0 Å². The second-order valence-electron chi connectivity index (χ2n) is 3.31. The van der Waals surface area contributed by atoms with Crippen LogP contribution >= 0.6 is 11.8 Å². The van der Waals surface area contributed by atoms with Crippen molar-refractivity contribution in [3.05, 3.63) is 0 Å². The summed E-state index contributed by atoms with van der Waals surface area (Å²) in [7, 11) is 2.08. The summed E-state index contributed by atoms with van der Waals surface area (Å²) >= 11 is 1.87. The molecule has 0 bridgehead atoms. The van der Waals surface area contributed by atoms with Gasteiger partial charge < -0.3 is 10.0 Å². The van der Waals surface area contributed by atoms with Crippen LogP contribution < -0.4 is 0 Å². The average molecular weight is 191 g/mol. The summed E-state index contributed by atoms with van der Waals surface area (Å²) in [4.78, 5) is 2.24. The number of likely N-dealkylation sites (N-methyl/N-ethyl adjacent to an activating group) is 1. The van der Waals surface area contributed by atoms with Gasteiger partial charge in [-0.1, -0.05) is 6.92 Å². The molecule has 2 nitrogen and oxygen atoms in total. The lowest BCUT2D eigenvalue weighted by Gasteiger charge is -2.27. The van der Waals surface area contributed by atoms with E-state index in [0.717, 1.165) is 18.7 Å². The average Bonchev–Trinajstić information content (AvgIpc) is 1.98. The lowest BCUT2D eigenvalue weighted by molar-refractivity contribution is 0.121. The third-order valence-electron chi connectivity index (χ3n) is 2.01. The van der Waals surface area contributed by atoms with Gasteiger partial charge in [-0.15, -0.1) is 0 Å². The van der Waals surface area contributed by atoms with Gasteiger partial charge >= 0.3 is 0 Å². The summed E-state index contributed by atoms with van der Waals surface area (Å²) in [6, 6.07) is 0.606. The predicted octanol–water partition coefficient (Wildman–Crippen LogP) is 1.44. The van der Waals surface area contributed by atoms with Gasteiger partial charge in [-0.05, 0) is 26.6 Å². The number of aliphatic hydroxyl groups excluding tert-OH is 1. The molecule has 0 saturated carbocycles. The van der Waals surface area contributed by atoms with Crippen molar-refractivity contribution in [2.24, 2.45) is 0 Å². The molecule has 0 aliphatic heterocycles. The topological polar surface area (TPSA) is 23.5 Å². The van der Waals surface area contributed by atoms with E-state index in [4.69, 9.17) is 0 Å². The molecule has 74 valence electrons. The van der Waals surface area contributed by atoms with Crippen molar-refractivity contribution in [3.8, 4) is 0 Å². The standard InChI is InChI=1S/C9H21NOS/c1-5-9(7-12-4)10(3)6-8(2)11/h8-9,11H,5-7H2,1-4H3/t8-,9?/m0/s1. The van der Waals surface area contributed by atoms with E-state index in [-0.39, 0.29) is 6.10 Å². The lowest BCUT2D eigenvalue weighted by atomic mass is 10.2. The van der Waals surface area contributed by atoms with Crippen molar-refractivity contribution < 1.29 is 5.11 Å². The first-order valence-electron chi connectivity index (χ1n) is 4.49. The lowest BCUT2D eigenvalue weighted by Crippen LogP contribution is -2.37. The number of hydrogen-bond donors (Lipinski definition) is 1.